The lowest BCUT2D eigenvalue weighted by atomic mass is 10.1. The summed E-state index contributed by atoms with van der Waals surface area (Å²) in [5.41, 5.74) is -1.61. The number of carboxylic acid groups (broad SMARTS) is 1. The van der Waals surface area contributed by atoms with E-state index in [1.807, 2.05) is 4.98 Å². The monoisotopic (exact) mass is 255 g/mol. The summed E-state index contributed by atoms with van der Waals surface area (Å²) in [4.78, 5) is 48.0. The van der Waals surface area contributed by atoms with Crippen LogP contribution in [-0.4, -0.2) is 33.5 Å². The fourth-order valence-corrected chi connectivity index (χ4v) is 1.32. The zero-order chi connectivity index (χ0) is 13.7. The number of rotatable bonds is 5. The van der Waals surface area contributed by atoms with Gasteiger partial charge in [-0.15, -0.1) is 0 Å². The van der Waals surface area contributed by atoms with Crippen molar-refractivity contribution in [2.24, 2.45) is 5.92 Å². The van der Waals surface area contributed by atoms with Gasteiger partial charge in [-0.3, -0.25) is 19.4 Å². The molecule has 0 bridgehead atoms. The lowest BCUT2D eigenvalue weighted by molar-refractivity contribution is -0.137. The maximum absolute atomic E-state index is 11.6. The van der Waals surface area contributed by atoms with Crippen molar-refractivity contribution in [3.63, 3.8) is 0 Å². The molecule has 4 N–H and O–H groups in total. The van der Waals surface area contributed by atoms with Gasteiger partial charge >= 0.3 is 11.7 Å². The summed E-state index contributed by atoms with van der Waals surface area (Å²) >= 11 is 0. The Bertz CT molecular complexity index is 531. The van der Waals surface area contributed by atoms with E-state index in [-0.39, 0.29) is 24.6 Å². The Morgan fingerprint density at radius 1 is 1.39 bits per heavy atom. The Balaban J connectivity index is 2.63. The molecule has 0 saturated carbocycles. The Hall–Kier alpha value is -2.38. The molecule has 18 heavy (non-hydrogen) atoms. The van der Waals surface area contributed by atoms with Crippen molar-refractivity contribution in [2.45, 2.75) is 13.3 Å². The van der Waals surface area contributed by atoms with E-state index >= 15 is 0 Å². The molecule has 1 unspecified atom stereocenters. The SMILES string of the molecule is CC(CNC(=O)c1cc(=O)[nH]c(=O)[nH]1)CC(=O)O. The number of aromatic amines is 2. The van der Waals surface area contributed by atoms with E-state index in [0.29, 0.717) is 0 Å². The summed E-state index contributed by atoms with van der Waals surface area (Å²) in [6.07, 6.45) is -0.0772. The molecule has 0 spiro atoms. The first-order chi connectivity index (χ1) is 8.38. The smallest absolute Gasteiger partial charge is 0.326 e. The van der Waals surface area contributed by atoms with Crippen molar-refractivity contribution in [3.05, 3.63) is 32.6 Å². The molecule has 0 aliphatic heterocycles. The molecule has 1 rings (SSSR count). The van der Waals surface area contributed by atoms with Gasteiger partial charge in [-0.1, -0.05) is 6.92 Å². The number of amides is 1. The average Bonchev–Trinajstić information content (AvgIpc) is 2.23. The Morgan fingerprint density at radius 3 is 2.61 bits per heavy atom. The molecule has 1 amide bonds. The van der Waals surface area contributed by atoms with E-state index in [1.54, 1.807) is 6.92 Å². The van der Waals surface area contributed by atoms with Crippen LogP contribution in [-0.2, 0) is 4.79 Å². The van der Waals surface area contributed by atoms with E-state index in [4.69, 9.17) is 5.11 Å². The summed E-state index contributed by atoms with van der Waals surface area (Å²) in [5, 5.41) is 11.0. The second-order valence-corrected chi connectivity index (χ2v) is 3.91. The van der Waals surface area contributed by atoms with Crippen LogP contribution in [0.15, 0.2) is 15.7 Å². The molecule has 8 heteroatoms. The lowest BCUT2D eigenvalue weighted by Gasteiger charge is -2.09. The third kappa shape index (κ3) is 4.24. The molecule has 0 fully saturated rings. The Morgan fingerprint density at radius 2 is 2.06 bits per heavy atom. The second kappa shape index (κ2) is 5.80. The highest BCUT2D eigenvalue weighted by Gasteiger charge is 2.11. The maximum Gasteiger partial charge on any atom is 0.326 e. The molecule has 0 saturated heterocycles. The number of aromatic nitrogens is 2. The molecule has 98 valence electrons. The first-order valence-corrected chi connectivity index (χ1v) is 5.22. The summed E-state index contributed by atoms with van der Waals surface area (Å²) in [5.74, 6) is -1.84. The number of carbonyl (C=O) groups excluding carboxylic acids is 1. The number of hydrogen-bond acceptors (Lipinski definition) is 4. The molecule has 0 aromatic carbocycles. The number of H-pyrrole nitrogens is 2. The first kappa shape index (κ1) is 13.7. The van der Waals surface area contributed by atoms with Crippen LogP contribution in [0.1, 0.15) is 23.8 Å². The van der Waals surface area contributed by atoms with Crippen LogP contribution < -0.4 is 16.6 Å². The van der Waals surface area contributed by atoms with Crippen molar-refractivity contribution in [1.29, 1.82) is 0 Å². The van der Waals surface area contributed by atoms with Crippen LogP contribution in [0.4, 0.5) is 0 Å². The molecule has 0 radical (unpaired) electrons. The maximum atomic E-state index is 11.6. The van der Waals surface area contributed by atoms with Crippen LogP contribution in [0.5, 0.6) is 0 Å². The van der Waals surface area contributed by atoms with Crippen LogP contribution in [0.3, 0.4) is 0 Å². The van der Waals surface area contributed by atoms with Crippen molar-refractivity contribution in [3.8, 4) is 0 Å². The summed E-state index contributed by atoms with van der Waals surface area (Å²) in [6.45, 7) is 1.80. The molecule has 1 aromatic heterocycles. The zero-order valence-corrected chi connectivity index (χ0v) is 9.65. The number of aliphatic carboxylic acids is 1. The molecule has 0 aliphatic rings. The fraction of sp³-hybridized carbons (Fsp3) is 0.400. The summed E-state index contributed by atoms with van der Waals surface area (Å²) in [7, 11) is 0. The largest absolute Gasteiger partial charge is 0.481 e. The van der Waals surface area contributed by atoms with Gasteiger partial charge in [0, 0.05) is 19.0 Å². The fourth-order valence-electron chi connectivity index (χ4n) is 1.32. The zero-order valence-electron chi connectivity index (χ0n) is 9.65. The van der Waals surface area contributed by atoms with E-state index in [9.17, 15) is 19.2 Å². The van der Waals surface area contributed by atoms with Gasteiger partial charge in [0.25, 0.3) is 11.5 Å². The number of nitrogens with one attached hydrogen (secondary N) is 3. The summed E-state index contributed by atoms with van der Waals surface area (Å²) in [6, 6.07) is 0.957. The predicted octanol–water partition coefficient (Wildman–Crippen LogP) is -1.10. The molecule has 1 aromatic rings. The quantitative estimate of drug-likeness (QED) is 0.530. The van der Waals surface area contributed by atoms with E-state index in [0.717, 1.165) is 6.07 Å². The van der Waals surface area contributed by atoms with E-state index < -0.39 is 23.1 Å². The predicted molar refractivity (Wildman–Crippen MR) is 61.4 cm³/mol. The molecular formula is C10H13N3O5. The van der Waals surface area contributed by atoms with Gasteiger partial charge in [-0.25, -0.2) is 4.79 Å². The number of hydrogen-bond donors (Lipinski definition) is 4. The number of carboxylic acids is 1. The lowest BCUT2D eigenvalue weighted by Crippen LogP contribution is -2.33. The highest BCUT2D eigenvalue weighted by molar-refractivity contribution is 5.92. The first-order valence-electron chi connectivity index (χ1n) is 5.22. The topological polar surface area (TPSA) is 132 Å². The van der Waals surface area contributed by atoms with Gasteiger partial charge in [0.15, 0.2) is 0 Å². The van der Waals surface area contributed by atoms with Crippen molar-refractivity contribution < 1.29 is 14.7 Å². The highest BCUT2D eigenvalue weighted by Crippen LogP contribution is 1.99. The third-order valence-corrected chi connectivity index (χ3v) is 2.14. The number of carbonyl (C=O) groups is 2. The van der Waals surface area contributed by atoms with Gasteiger partial charge in [-0.2, -0.15) is 0 Å². The molecule has 1 heterocycles. The van der Waals surface area contributed by atoms with Gasteiger partial charge in [0.05, 0.1) is 0 Å². The van der Waals surface area contributed by atoms with Crippen LogP contribution in [0.2, 0.25) is 0 Å². The van der Waals surface area contributed by atoms with Crippen LogP contribution in [0.25, 0.3) is 0 Å². The van der Waals surface area contributed by atoms with E-state index in [2.05, 4.69) is 10.3 Å². The van der Waals surface area contributed by atoms with Gasteiger partial charge in [-0.05, 0) is 5.92 Å². The molecule has 1 atom stereocenters. The minimum atomic E-state index is -0.957. The minimum Gasteiger partial charge on any atom is -0.481 e. The minimum absolute atomic E-state index is 0.0772. The normalized spacial score (nSPS) is 11.8. The average molecular weight is 255 g/mol. The van der Waals surface area contributed by atoms with Crippen molar-refractivity contribution >= 4 is 11.9 Å². The molecule has 0 aliphatic carbocycles. The second-order valence-electron chi connectivity index (χ2n) is 3.91. The van der Waals surface area contributed by atoms with Crippen LogP contribution >= 0.6 is 0 Å². The Kier molecular flexibility index (Phi) is 4.41. The molecular weight excluding hydrogens is 242 g/mol. The van der Waals surface area contributed by atoms with E-state index in [1.165, 1.54) is 0 Å². The standard InChI is InChI=1S/C10H13N3O5/c1-5(2-8(15)16)4-11-9(17)6-3-7(14)13-10(18)12-6/h3,5H,2,4H2,1H3,(H,11,17)(H,15,16)(H2,12,13,14,18). The highest BCUT2D eigenvalue weighted by atomic mass is 16.4. The third-order valence-electron chi connectivity index (χ3n) is 2.14. The van der Waals surface area contributed by atoms with Crippen molar-refractivity contribution in [2.75, 3.05) is 6.54 Å². The van der Waals surface area contributed by atoms with Crippen molar-refractivity contribution in [1.82, 2.24) is 15.3 Å². The van der Waals surface area contributed by atoms with Gasteiger partial charge in [0.1, 0.15) is 5.69 Å². The van der Waals surface area contributed by atoms with Crippen LogP contribution in [0, 0.1) is 5.92 Å². The molecule has 8 nitrogen and oxygen atoms in total. The summed E-state index contributed by atoms with van der Waals surface area (Å²) < 4.78 is 0. The van der Waals surface area contributed by atoms with Gasteiger partial charge < -0.3 is 15.4 Å². The Labute approximate surface area is 101 Å². The van der Waals surface area contributed by atoms with Gasteiger partial charge in [0.2, 0.25) is 0 Å².